The van der Waals surface area contributed by atoms with E-state index in [-0.39, 0.29) is 6.04 Å². The summed E-state index contributed by atoms with van der Waals surface area (Å²) in [6.45, 7) is 1.44. The van der Waals surface area contributed by atoms with Gasteiger partial charge in [-0.15, -0.1) is 0 Å². The van der Waals surface area contributed by atoms with Crippen molar-refractivity contribution in [2.45, 2.75) is 13.0 Å². The first kappa shape index (κ1) is 15.3. The first-order chi connectivity index (χ1) is 6.47. The summed E-state index contributed by atoms with van der Waals surface area (Å²) in [4.78, 5) is 0. The van der Waals surface area contributed by atoms with Crippen molar-refractivity contribution in [3.05, 3.63) is 0 Å². The molecule has 0 saturated carbocycles. The van der Waals surface area contributed by atoms with Crippen LogP contribution in [0, 0.1) is 0 Å². The average Bonchev–Trinajstić information content (AvgIpc) is 1.99. The standard InChI is InChI=1S/C4H10F4O4P2Si/c1-3-15(10)4-13(9,11-2)12-14(5,6,7)8/h3-4H2,1-2H3. The molecule has 0 aromatic carbocycles. The maximum atomic E-state index is 11.9. The molecule has 11 heteroatoms. The van der Waals surface area contributed by atoms with Crippen molar-refractivity contribution in [1.29, 1.82) is 0 Å². The predicted octanol–water partition coefficient (Wildman–Crippen LogP) is 3.83. The third-order valence-electron chi connectivity index (χ3n) is 1.29. The Morgan fingerprint density at radius 2 is 1.80 bits per heavy atom. The topological polar surface area (TPSA) is 52.6 Å². The van der Waals surface area contributed by atoms with Gasteiger partial charge in [0.25, 0.3) is 0 Å². The van der Waals surface area contributed by atoms with Gasteiger partial charge in [0.2, 0.25) is 0 Å². The Kier molecular flexibility index (Phi) is 4.77. The SMILES string of the molecule is CC[Si](=O)CP(=O)(OC)OP(F)(F)(F)F. The number of rotatable bonds is 6. The number of hydrogen-bond acceptors (Lipinski definition) is 4. The predicted molar refractivity (Wildman–Crippen MR) is 48.8 cm³/mol. The zero-order chi connectivity index (χ0) is 12.4. The van der Waals surface area contributed by atoms with Crippen molar-refractivity contribution >= 4 is 24.4 Å². The monoisotopic (exact) mass is 288 g/mol. The molecule has 0 N–H and O–H groups in total. The van der Waals surface area contributed by atoms with Gasteiger partial charge in [0, 0.05) is 0 Å². The molecule has 0 aliphatic carbocycles. The fourth-order valence-electron chi connectivity index (χ4n) is 0.643. The molecule has 0 bridgehead atoms. The Labute approximate surface area is 85.6 Å². The van der Waals surface area contributed by atoms with Crippen LogP contribution in [0.1, 0.15) is 6.92 Å². The van der Waals surface area contributed by atoms with Crippen molar-refractivity contribution in [3.63, 3.8) is 0 Å². The van der Waals surface area contributed by atoms with Crippen molar-refractivity contribution in [2.24, 2.45) is 0 Å². The van der Waals surface area contributed by atoms with Crippen LogP contribution in [0.15, 0.2) is 0 Å². The van der Waals surface area contributed by atoms with Gasteiger partial charge in [-0.2, -0.15) is 0 Å². The van der Waals surface area contributed by atoms with E-state index in [4.69, 9.17) is 0 Å². The molecule has 0 amide bonds. The molecule has 0 rings (SSSR count). The fourth-order valence-corrected chi connectivity index (χ4v) is 6.30. The Bertz CT molecular complexity index is 294. The van der Waals surface area contributed by atoms with E-state index in [1.54, 1.807) is 0 Å². The van der Waals surface area contributed by atoms with Crippen LogP contribution < -0.4 is 0 Å². The van der Waals surface area contributed by atoms with Gasteiger partial charge in [-0.05, 0) is 0 Å². The second kappa shape index (κ2) is 4.67. The molecule has 0 heterocycles. The van der Waals surface area contributed by atoms with Crippen LogP contribution >= 0.6 is 15.7 Å². The molecule has 0 radical (unpaired) electrons. The number of hydrogen-bond donors (Lipinski definition) is 0. The van der Waals surface area contributed by atoms with Crippen molar-refractivity contribution in [2.75, 3.05) is 12.9 Å². The second-order valence-corrected chi connectivity index (χ2v) is 9.19. The molecule has 0 aliphatic rings. The third-order valence-corrected chi connectivity index (χ3v) is 7.58. The summed E-state index contributed by atoms with van der Waals surface area (Å²) < 4.78 is 76.6. The molecule has 4 nitrogen and oxygen atoms in total. The van der Waals surface area contributed by atoms with E-state index in [1.165, 1.54) is 6.92 Å². The average molecular weight is 288 g/mol. The van der Waals surface area contributed by atoms with Crippen LogP contribution in [-0.2, 0) is 17.9 Å². The molecule has 0 aromatic heterocycles. The van der Waals surface area contributed by atoms with Crippen LogP contribution in [0.2, 0.25) is 6.04 Å². The van der Waals surface area contributed by atoms with E-state index >= 15 is 0 Å². The van der Waals surface area contributed by atoms with E-state index < -0.39 is 30.1 Å². The number of halogens is 4. The normalized spacial score (nSPS) is 18.9. The fraction of sp³-hybridized carbons (Fsp3) is 1.00. The molecule has 15 heavy (non-hydrogen) atoms. The van der Waals surface area contributed by atoms with Crippen LogP contribution in [0.3, 0.4) is 0 Å². The molecule has 1 atom stereocenters. The van der Waals surface area contributed by atoms with Gasteiger partial charge >= 0.3 is 84.9 Å². The molecular formula is C4H10F4O4P2Si. The van der Waals surface area contributed by atoms with Gasteiger partial charge < -0.3 is 0 Å². The molecule has 1 unspecified atom stereocenters. The maximum absolute atomic E-state index is 11.9. The van der Waals surface area contributed by atoms with E-state index in [9.17, 15) is 25.8 Å². The van der Waals surface area contributed by atoms with Crippen LogP contribution in [0.5, 0.6) is 0 Å². The van der Waals surface area contributed by atoms with Crippen molar-refractivity contribution < 1.29 is 34.6 Å². The van der Waals surface area contributed by atoms with E-state index in [2.05, 4.69) is 8.83 Å². The Hall–Kier alpha value is 0.317. The summed E-state index contributed by atoms with van der Waals surface area (Å²) in [5, 5.41) is 0. The molecule has 0 saturated heterocycles. The zero-order valence-electron chi connectivity index (χ0n) is 7.95. The first-order valence-electron chi connectivity index (χ1n) is 3.75. The molecule has 0 fully saturated rings. The van der Waals surface area contributed by atoms with Crippen LogP contribution in [-0.4, -0.2) is 21.6 Å². The minimum atomic E-state index is -8.37. The Morgan fingerprint density at radius 1 is 1.33 bits per heavy atom. The molecule has 0 aliphatic heterocycles. The summed E-state index contributed by atoms with van der Waals surface area (Å²) in [6, 6.07) is 0.0501. The van der Waals surface area contributed by atoms with E-state index in [0.29, 0.717) is 7.11 Å². The van der Waals surface area contributed by atoms with Crippen LogP contribution in [0.25, 0.3) is 0 Å². The quantitative estimate of drug-likeness (QED) is 0.423. The third kappa shape index (κ3) is 7.24. The Morgan fingerprint density at radius 3 is 2.07 bits per heavy atom. The van der Waals surface area contributed by atoms with Crippen LogP contribution in [0.4, 0.5) is 16.8 Å². The van der Waals surface area contributed by atoms with Gasteiger partial charge in [0.05, 0.1) is 0 Å². The Balaban J connectivity index is 4.75. The molecular weight excluding hydrogens is 278 g/mol. The summed E-state index contributed by atoms with van der Waals surface area (Å²) in [5.74, 6) is -0.899. The van der Waals surface area contributed by atoms with Gasteiger partial charge in [-0.3, -0.25) is 0 Å². The zero-order valence-corrected chi connectivity index (χ0v) is 10.7. The second-order valence-electron chi connectivity index (χ2n) is 2.58. The van der Waals surface area contributed by atoms with Gasteiger partial charge in [-0.25, -0.2) is 0 Å². The molecule has 0 spiro atoms. The van der Waals surface area contributed by atoms with Gasteiger partial charge in [0.1, 0.15) is 0 Å². The van der Waals surface area contributed by atoms with Crippen molar-refractivity contribution in [1.82, 2.24) is 0 Å². The summed E-state index contributed by atoms with van der Waals surface area (Å²) in [6.07, 6.45) is 0. The molecule has 0 aromatic rings. The minimum absolute atomic E-state index is 0.0501. The summed E-state index contributed by atoms with van der Waals surface area (Å²) in [5.41, 5.74) is 0. The summed E-state index contributed by atoms with van der Waals surface area (Å²) in [7, 11) is -14.9. The van der Waals surface area contributed by atoms with E-state index in [0.717, 1.165) is 0 Å². The van der Waals surface area contributed by atoms with Crippen molar-refractivity contribution in [3.8, 4) is 0 Å². The van der Waals surface area contributed by atoms with Gasteiger partial charge in [0.15, 0.2) is 0 Å². The summed E-state index contributed by atoms with van der Waals surface area (Å²) >= 11 is 0. The van der Waals surface area contributed by atoms with E-state index in [1.807, 2.05) is 0 Å². The molecule has 92 valence electrons. The van der Waals surface area contributed by atoms with Gasteiger partial charge in [-0.1, -0.05) is 0 Å². The first-order valence-corrected chi connectivity index (χ1v) is 9.02.